The van der Waals surface area contributed by atoms with Crippen molar-refractivity contribution >= 4 is 23.1 Å². The van der Waals surface area contributed by atoms with Crippen molar-refractivity contribution in [3.8, 4) is 0 Å². The van der Waals surface area contributed by atoms with Crippen LogP contribution in [0.5, 0.6) is 0 Å². The van der Waals surface area contributed by atoms with Crippen LogP contribution < -0.4 is 0 Å². The van der Waals surface area contributed by atoms with E-state index < -0.39 is 0 Å². The molecule has 0 saturated carbocycles. The van der Waals surface area contributed by atoms with Gasteiger partial charge in [-0.15, -0.1) is 5.10 Å². The molecule has 0 saturated heterocycles. The number of nitrogens with zero attached hydrogens (tertiary/aromatic N) is 4. The number of likely N-dealkylation sites (N-methyl/N-ethyl adjacent to an activating group) is 1. The lowest BCUT2D eigenvalue weighted by atomic mass is 10.1. The van der Waals surface area contributed by atoms with Gasteiger partial charge in [0.15, 0.2) is 0 Å². The second kappa shape index (κ2) is 6.70. The Morgan fingerprint density at radius 3 is 2.88 bits per heavy atom. The van der Waals surface area contributed by atoms with Gasteiger partial charge in [-0.05, 0) is 13.0 Å². The monoisotopic (exact) mass is 324 g/mol. The SMILES string of the molecule is CCc1oc2ccccc2c1CN(C)C(=O)/C(C)=C/n1ccnn1. The minimum absolute atomic E-state index is 0.0576. The number of furan rings is 1. The van der Waals surface area contributed by atoms with Crippen LogP contribution >= 0.6 is 0 Å². The predicted molar refractivity (Wildman–Crippen MR) is 92.0 cm³/mol. The van der Waals surface area contributed by atoms with Crippen LogP contribution in [-0.2, 0) is 17.8 Å². The van der Waals surface area contributed by atoms with Crippen LogP contribution in [-0.4, -0.2) is 32.8 Å². The summed E-state index contributed by atoms with van der Waals surface area (Å²) in [4.78, 5) is 14.3. The minimum atomic E-state index is -0.0576. The first-order chi connectivity index (χ1) is 11.6. The second-order valence-corrected chi connectivity index (χ2v) is 5.71. The molecule has 0 aliphatic heterocycles. The predicted octanol–water partition coefficient (Wildman–Crippen LogP) is 3.11. The Morgan fingerprint density at radius 1 is 1.38 bits per heavy atom. The Morgan fingerprint density at radius 2 is 2.17 bits per heavy atom. The highest BCUT2D eigenvalue weighted by atomic mass is 16.3. The fraction of sp³-hybridized carbons (Fsp3) is 0.278. The maximum absolute atomic E-state index is 12.6. The van der Waals surface area contributed by atoms with Gasteiger partial charge in [-0.2, -0.15) is 0 Å². The number of carbonyl (C=O) groups is 1. The molecule has 0 radical (unpaired) electrons. The lowest BCUT2D eigenvalue weighted by Gasteiger charge is -2.17. The van der Waals surface area contributed by atoms with Crippen LogP contribution in [0.15, 0.2) is 46.6 Å². The summed E-state index contributed by atoms with van der Waals surface area (Å²) >= 11 is 0. The molecule has 0 unspecified atom stereocenters. The highest BCUT2D eigenvalue weighted by Crippen LogP contribution is 2.27. The second-order valence-electron chi connectivity index (χ2n) is 5.71. The number of aromatic nitrogens is 3. The number of fused-ring (bicyclic) bond motifs is 1. The molecule has 6 nitrogen and oxygen atoms in total. The first kappa shape index (κ1) is 16.0. The summed E-state index contributed by atoms with van der Waals surface area (Å²) in [5.74, 6) is 0.867. The van der Waals surface area contributed by atoms with Crippen molar-refractivity contribution in [2.75, 3.05) is 7.05 Å². The third kappa shape index (κ3) is 3.08. The normalized spacial score (nSPS) is 11.9. The molecule has 2 heterocycles. The number of hydrogen-bond acceptors (Lipinski definition) is 4. The van der Waals surface area contributed by atoms with E-state index in [0.29, 0.717) is 12.1 Å². The molecule has 0 aliphatic carbocycles. The van der Waals surface area contributed by atoms with E-state index in [9.17, 15) is 4.79 Å². The van der Waals surface area contributed by atoms with Gasteiger partial charge in [-0.3, -0.25) is 4.79 Å². The van der Waals surface area contributed by atoms with E-state index in [1.165, 1.54) is 4.68 Å². The average Bonchev–Trinajstić information content (AvgIpc) is 3.22. The van der Waals surface area contributed by atoms with Crippen LogP contribution in [0.4, 0.5) is 0 Å². The Balaban J connectivity index is 1.84. The molecule has 6 heteroatoms. The van der Waals surface area contributed by atoms with E-state index >= 15 is 0 Å². The van der Waals surface area contributed by atoms with Crippen LogP contribution in [0.2, 0.25) is 0 Å². The van der Waals surface area contributed by atoms with Crippen molar-refractivity contribution in [1.82, 2.24) is 19.9 Å². The number of aryl methyl sites for hydroxylation is 1. The molecule has 2 aromatic heterocycles. The Labute approximate surface area is 140 Å². The molecule has 0 spiro atoms. The molecule has 24 heavy (non-hydrogen) atoms. The average molecular weight is 324 g/mol. The molecule has 124 valence electrons. The van der Waals surface area contributed by atoms with E-state index in [1.54, 1.807) is 37.5 Å². The van der Waals surface area contributed by atoms with Gasteiger partial charge in [-0.1, -0.05) is 30.3 Å². The molecule has 1 aromatic carbocycles. The molecule has 0 N–H and O–H groups in total. The van der Waals surface area contributed by atoms with Crippen molar-refractivity contribution in [2.45, 2.75) is 26.8 Å². The van der Waals surface area contributed by atoms with E-state index in [0.717, 1.165) is 28.7 Å². The van der Waals surface area contributed by atoms with Crippen LogP contribution in [0.3, 0.4) is 0 Å². The fourth-order valence-corrected chi connectivity index (χ4v) is 2.76. The Bertz CT molecular complexity index is 878. The smallest absolute Gasteiger partial charge is 0.251 e. The Hall–Kier alpha value is -2.89. The fourth-order valence-electron chi connectivity index (χ4n) is 2.76. The van der Waals surface area contributed by atoms with E-state index in [4.69, 9.17) is 4.42 Å². The third-order valence-electron chi connectivity index (χ3n) is 3.95. The van der Waals surface area contributed by atoms with Crippen LogP contribution in [0.25, 0.3) is 17.2 Å². The van der Waals surface area contributed by atoms with Crippen molar-refractivity contribution in [3.63, 3.8) is 0 Å². The van der Waals surface area contributed by atoms with Crippen molar-refractivity contribution in [1.29, 1.82) is 0 Å². The number of benzene rings is 1. The maximum atomic E-state index is 12.6. The summed E-state index contributed by atoms with van der Waals surface area (Å²) in [5.41, 5.74) is 2.52. The standard InChI is InChI=1S/C18H20N4O2/c1-4-16-15(14-7-5-6-8-17(14)24-16)12-21(3)18(23)13(2)11-22-10-9-19-20-22/h5-11H,4,12H2,1-3H3/b13-11+. The first-order valence-electron chi connectivity index (χ1n) is 7.89. The van der Waals surface area contributed by atoms with Crippen molar-refractivity contribution < 1.29 is 9.21 Å². The molecule has 3 aromatic rings. The number of amides is 1. The zero-order chi connectivity index (χ0) is 17.1. The van der Waals surface area contributed by atoms with Gasteiger partial charge in [0.1, 0.15) is 11.3 Å². The first-order valence-corrected chi connectivity index (χ1v) is 7.89. The van der Waals surface area contributed by atoms with E-state index in [1.807, 2.05) is 24.3 Å². The molecule has 0 aliphatic rings. The zero-order valence-electron chi connectivity index (χ0n) is 14.1. The van der Waals surface area contributed by atoms with Gasteiger partial charge in [0, 0.05) is 42.7 Å². The molecule has 0 fully saturated rings. The van der Waals surface area contributed by atoms with Gasteiger partial charge in [0.25, 0.3) is 5.91 Å². The summed E-state index contributed by atoms with van der Waals surface area (Å²) in [5, 5.41) is 8.64. The summed E-state index contributed by atoms with van der Waals surface area (Å²) < 4.78 is 7.42. The molecule has 0 atom stereocenters. The van der Waals surface area contributed by atoms with E-state index in [2.05, 4.69) is 17.2 Å². The van der Waals surface area contributed by atoms with Gasteiger partial charge < -0.3 is 9.32 Å². The maximum Gasteiger partial charge on any atom is 0.251 e. The lowest BCUT2D eigenvalue weighted by molar-refractivity contribution is -0.126. The number of rotatable bonds is 5. The van der Waals surface area contributed by atoms with Crippen LogP contribution in [0.1, 0.15) is 25.2 Å². The van der Waals surface area contributed by atoms with Gasteiger partial charge in [0.2, 0.25) is 0 Å². The molecule has 3 rings (SSSR count). The minimum Gasteiger partial charge on any atom is -0.461 e. The van der Waals surface area contributed by atoms with Crippen molar-refractivity contribution in [3.05, 3.63) is 53.6 Å². The summed E-state index contributed by atoms with van der Waals surface area (Å²) in [6, 6.07) is 7.92. The third-order valence-corrected chi connectivity index (χ3v) is 3.95. The highest BCUT2D eigenvalue weighted by molar-refractivity contribution is 5.95. The molecule has 0 bridgehead atoms. The van der Waals surface area contributed by atoms with Gasteiger partial charge in [-0.25, -0.2) is 4.68 Å². The summed E-state index contributed by atoms with van der Waals surface area (Å²) in [6.07, 6.45) is 5.72. The van der Waals surface area contributed by atoms with Gasteiger partial charge in [0.05, 0.1) is 12.4 Å². The zero-order valence-corrected chi connectivity index (χ0v) is 14.1. The lowest BCUT2D eigenvalue weighted by Crippen LogP contribution is -2.27. The van der Waals surface area contributed by atoms with Crippen LogP contribution in [0, 0.1) is 0 Å². The summed E-state index contributed by atoms with van der Waals surface area (Å²) in [6.45, 7) is 4.33. The number of para-hydroxylation sites is 1. The van der Waals surface area contributed by atoms with E-state index in [-0.39, 0.29) is 5.91 Å². The number of carbonyl (C=O) groups excluding carboxylic acids is 1. The largest absolute Gasteiger partial charge is 0.461 e. The number of hydrogen-bond donors (Lipinski definition) is 0. The topological polar surface area (TPSA) is 64.2 Å². The molecular weight excluding hydrogens is 304 g/mol. The Kier molecular flexibility index (Phi) is 4.46. The highest BCUT2D eigenvalue weighted by Gasteiger charge is 2.18. The van der Waals surface area contributed by atoms with Crippen molar-refractivity contribution in [2.24, 2.45) is 0 Å². The molecule has 1 amide bonds. The van der Waals surface area contributed by atoms with Gasteiger partial charge >= 0.3 is 0 Å². The quantitative estimate of drug-likeness (QED) is 0.677. The molecular formula is C18H20N4O2. The summed E-state index contributed by atoms with van der Waals surface area (Å²) in [7, 11) is 1.79.